The quantitative estimate of drug-likeness (QED) is 0.911. The molecule has 5 heteroatoms. The van der Waals surface area contributed by atoms with Crippen molar-refractivity contribution in [3.8, 4) is 11.5 Å². The van der Waals surface area contributed by atoms with Gasteiger partial charge in [0, 0.05) is 9.86 Å². The van der Waals surface area contributed by atoms with E-state index in [1.54, 1.807) is 0 Å². The Morgan fingerprint density at radius 2 is 2.00 bits per heavy atom. The molecule has 2 aromatic carbocycles. The van der Waals surface area contributed by atoms with Crippen molar-refractivity contribution in [3.63, 3.8) is 0 Å². The summed E-state index contributed by atoms with van der Waals surface area (Å²) in [7, 11) is 1.51. The molecule has 0 saturated carbocycles. The predicted octanol–water partition coefficient (Wildman–Crippen LogP) is 4.10. The Morgan fingerprint density at radius 1 is 1.30 bits per heavy atom. The summed E-state index contributed by atoms with van der Waals surface area (Å²) in [5, 5.41) is 10.8. The monoisotopic (exact) mass is 338 g/mol. The Labute approximate surface area is 125 Å². The summed E-state index contributed by atoms with van der Waals surface area (Å²) in [6.45, 7) is 3.87. The van der Waals surface area contributed by atoms with Crippen LogP contribution >= 0.6 is 15.9 Å². The third-order valence-corrected chi connectivity index (χ3v) is 3.69. The Bertz CT molecular complexity index is 664. The zero-order valence-corrected chi connectivity index (χ0v) is 13.0. The first-order valence-electron chi connectivity index (χ1n) is 6.14. The maximum Gasteiger partial charge on any atom is 0.337 e. The molecular formula is C15H15BrO4. The van der Waals surface area contributed by atoms with Crippen LogP contribution in [-0.2, 0) is 0 Å². The molecule has 0 amide bonds. The van der Waals surface area contributed by atoms with Crippen molar-refractivity contribution in [2.45, 2.75) is 20.0 Å². The van der Waals surface area contributed by atoms with Crippen molar-refractivity contribution < 1.29 is 19.4 Å². The molecule has 0 bridgehead atoms. The average molecular weight is 339 g/mol. The molecule has 0 aliphatic rings. The van der Waals surface area contributed by atoms with Gasteiger partial charge in [0.25, 0.3) is 0 Å². The van der Waals surface area contributed by atoms with E-state index in [1.807, 2.05) is 32.0 Å². The SMILES string of the molecule is COc1cc(C(=O)O)c(Br)c2cccc(OC(C)C)c12. The number of ether oxygens (including phenoxy) is 2. The number of halogens is 1. The summed E-state index contributed by atoms with van der Waals surface area (Å²) in [5.41, 5.74) is 0.163. The van der Waals surface area contributed by atoms with Crippen LogP contribution in [0.25, 0.3) is 10.8 Å². The normalized spacial score (nSPS) is 10.8. The van der Waals surface area contributed by atoms with Gasteiger partial charge in [-0.15, -0.1) is 0 Å². The first-order chi connectivity index (χ1) is 9.45. The summed E-state index contributed by atoms with van der Waals surface area (Å²) >= 11 is 3.35. The van der Waals surface area contributed by atoms with Crippen LogP contribution in [0.3, 0.4) is 0 Å². The fraction of sp³-hybridized carbons (Fsp3) is 0.267. The molecule has 0 heterocycles. The summed E-state index contributed by atoms with van der Waals surface area (Å²) in [5.74, 6) is 0.149. The minimum absolute atomic E-state index is 0.0169. The van der Waals surface area contributed by atoms with Crippen LogP contribution < -0.4 is 9.47 Å². The summed E-state index contributed by atoms with van der Waals surface area (Å²) in [6, 6.07) is 7.01. The van der Waals surface area contributed by atoms with E-state index in [2.05, 4.69) is 15.9 Å². The predicted molar refractivity (Wildman–Crippen MR) is 80.9 cm³/mol. The zero-order chi connectivity index (χ0) is 14.9. The molecule has 1 N–H and O–H groups in total. The van der Waals surface area contributed by atoms with Gasteiger partial charge in [-0.1, -0.05) is 12.1 Å². The van der Waals surface area contributed by atoms with Crippen LogP contribution in [0.5, 0.6) is 11.5 Å². The zero-order valence-electron chi connectivity index (χ0n) is 11.4. The number of carboxylic acid groups (broad SMARTS) is 1. The van der Waals surface area contributed by atoms with E-state index in [-0.39, 0.29) is 11.7 Å². The van der Waals surface area contributed by atoms with Gasteiger partial charge in [-0.3, -0.25) is 0 Å². The number of hydrogen-bond donors (Lipinski definition) is 1. The van der Waals surface area contributed by atoms with Crippen molar-refractivity contribution in [2.24, 2.45) is 0 Å². The highest BCUT2D eigenvalue weighted by molar-refractivity contribution is 9.10. The van der Waals surface area contributed by atoms with Crippen LogP contribution in [0.4, 0.5) is 0 Å². The van der Waals surface area contributed by atoms with Gasteiger partial charge in [0.15, 0.2) is 0 Å². The number of fused-ring (bicyclic) bond motifs is 1. The summed E-state index contributed by atoms with van der Waals surface area (Å²) in [6.07, 6.45) is 0.0169. The average Bonchev–Trinajstić information content (AvgIpc) is 2.39. The van der Waals surface area contributed by atoms with Crippen molar-refractivity contribution in [2.75, 3.05) is 7.11 Å². The molecule has 0 aliphatic carbocycles. The Hall–Kier alpha value is -1.75. The minimum Gasteiger partial charge on any atom is -0.496 e. The fourth-order valence-corrected chi connectivity index (χ4v) is 2.66. The molecule has 0 radical (unpaired) electrons. The van der Waals surface area contributed by atoms with Gasteiger partial charge in [-0.05, 0) is 41.9 Å². The number of benzene rings is 2. The van der Waals surface area contributed by atoms with Gasteiger partial charge in [0.2, 0.25) is 0 Å². The largest absolute Gasteiger partial charge is 0.496 e. The third-order valence-electron chi connectivity index (χ3n) is 2.83. The Kier molecular flexibility index (Phi) is 4.18. The maximum atomic E-state index is 11.3. The number of aromatic carboxylic acids is 1. The van der Waals surface area contributed by atoms with Gasteiger partial charge in [-0.25, -0.2) is 4.79 Å². The Morgan fingerprint density at radius 3 is 2.55 bits per heavy atom. The van der Waals surface area contributed by atoms with Gasteiger partial charge >= 0.3 is 5.97 Å². The van der Waals surface area contributed by atoms with Crippen molar-refractivity contribution in [3.05, 3.63) is 34.3 Å². The first-order valence-corrected chi connectivity index (χ1v) is 6.94. The lowest BCUT2D eigenvalue weighted by molar-refractivity contribution is 0.0695. The first kappa shape index (κ1) is 14.7. The highest BCUT2D eigenvalue weighted by Crippen LogP contribution is 2.40. The maximum absolute atomic E-state index is 11.3. The lowest BCUT2D eigenvalue weighted by Crippen LogP contribution is -2.07. The summed E-state index contributed by atoms with van der Waals surface area (Å²) in [4.78, 5) is 11.3. The van der Waals surface area contributed by atoms with E-state index in [9.17, 15) is 9.90 Å². The molecule has 0 spiro atoms. The number of rotatable bonds is 4. The minimum atomic E-state index is -1.01. The third kappa shape index (κ3) is 2.58. The number of methoxy groups -OCH3 is 1. The van der Waals surface area contributed by atoms with E-state index in [0.717, 1.165) is 10.8 Å². The van der Waals surface area contributed by atoms with Crippen LogP contribution in [0.2, 0.25) is 0 Å². The van der Waals surface area contributed by atoms with Crippen molar-refractivity contribution >= 4 is 32.7 Å². The highest BCUT2D eigenvalue weighted by atomic mass is 79.9. The lowest BCUT2D eigenvalue weighted by atomic mass is 10.0. The molecule has 0 saturated heterocycles. The summed E-state index contributed by atoms with van der Waals surface area (Å²) < 4.78 is 11.6. The second-order valence-corrected chi connectivity index (χ2v) is 5.38. The van der Waals surface area contributed by atoms with Gasteiger partial charge in [0.05, 0.1) is 24.2 Å². The number of carbonyl (C=O) groups is 1. The van der Waals surface area contributed by atoms with E-state index < -0.39 is 5.97 Å². The van der Waals surface area contributed by atoms with Crippen LogP contribution in [-0.4, -0.2) is 24.3 Å². The van der Waals surface area contributed by atoms with Crippen molar-refractivity contribution in [1.82, 2.24) is 0 Å². The Balaban J connectivity index is 2.82. The second-order valence-electron chi connectivity index (χ2n) is 4.59. The fourth-order valence-electron chi connectivity index (χ4n) is 2.05. The molecule has 106 valence electrons. The standard InChI is InChI=1S/C15H15BrO4/c1-8(2)20-11-6-4-5-9-13(11)12(19-3)7-10(14(9)16)15(17)18/h4-8H,1-3H3,(H,17,18). The molecule has 0 aromatic heterocycles. The van der Waals surface area contributed by atoms with E-state index >= 15 is 0 Å². The molecular weight excluding hydrogens is 324 g/mol. The molecule has 2 aromatic rings. The molecule has 0 unspecified atom stereocenters. The van der Waals surface area contributed by atoms with Crippen molar-refractivity contribution in [1.29, 1.82) is 0 Å². The molecule has 0 aliphatic heterocycles. The van der Waals surface area contributed by atoms with E-state index in [4.69, 9.17) is 9.47 Å². The highest BCUT2D eigenvalue weighted by Gasteiger charge is 2.18. The van der Waals surface area contributed by atoms with Crippen LogP contribution in [0.1, 0.15) is 24.2 Å². The topological polar surface area (TPSA) is 55.8 Å². The van der Waals surface area contributed by atoms with Gasteiger partial charge in [-0.2, -0.15) is 0 Å². The van der Waals surface area contributed by atoms with E-state index in [1.165, 1.54) is 13.2 Å². The van der Waals surface area contributed by atoms with Crippen LogP contribution in [0, 0.1) is 0 Å². The second kappa shape index (κ2) is 5.71. The molecule has 2 rings (SSSR count). The van der Waals surface area contributed by atoms with Gasteiger partial charge in [0.1, 0.15) is 11.5 Å². The molecule has 0 atom stereocenters. The van der Waals surface area contributed by atoms with E-state index in [0.29, 0.717) is 16.0 Å². The molecule has 20 heavy (non-hydrogen) atoms. The molecule has 4 nitrogen and oxygen atoms in total. The number of carboxylic acids is 1. The van der Waals surface area contributed by atoms with Gasteiger partial charge < -0.3 is 14.6 Å². The van der Waals surface area contributed by atoms with Crippen LogP contribution in [0.15, 0.2) is 28.7 Å². The lowest BCUT2D eigenvalue weighted by Gasteiger charge is -2.16. The number of hydrogen-bond acceptors (Lipinski definition) is 3. The smallest absolute Gasteiger partial charge is 0.337 e. The molecule has 0 fully saturated rings.